The molecule has 0 saturated carbocycles. The molecule has 4 heteroatoms. The van der Waals surface area contributed by atoms with Gasteiger partial charge in [0, 0.05) is 15.6 Å². The molecule has 0 N–H and O–H groups in total. The summed E-state index contributed by atoms with van der Waals surface area (Å²) in [5, 5.41) is 3.02. The van der Waals surface area contributed by atoms with Crippen LogP contribution in [0.2, 0.25) is 0 Å². The lowest BCUT2D eigenvalue weighted by Gasteiger charge is -2.21. The molecule has 0 aliphatic heterocycles. The third-order valence-corrected chi connectivity index (χ3v) is 6.96. The summed E-state index contributed by atoms with van der Waals surface area (Å²) in [7, 11) is -2.49. The Balaban J connectivity index is 2.30. The molecule has 0 saturated heterocycles. The Morgan fingerprint density at radius 3 is 1.39 bits per heavy atom. The van der Waals surface area contributed by atoms with Crippen molar-refractivity contribution >= 4 is 23.6 Å². The minimum Gasteiger partial charge on any atom is -0.473 e. The van der Waals surface area contributed by atoms with Gasteiger partial charge in [-0.3, -0.25) is 0 Å². The van der Waals surface area contributed by atoms with Gasteiger partial charge in [0.1, 0.15) is 0 Å². The van der Waals surface area contributed by atoms with E-state index >= 15 is 0 Å². The summed E-state index contributed by atoms with van der Waals surface area (Å²) in [5.41, 5.74) is 2.98. The van der Waals surface area contributed by atoms with Crippen molar-refractivity contribution in [2.24, 2.45) is 0 Å². The van der Waals surface area contributed by atoms with Gasteiger partial charge in [-0.15, -0.1) is 12.0 Å². The van der Waals surface area contributed by atoms with E-state index < -0.39 is 8.07 Å². The van der Waals surface area contributed by atoms with Gasteiger partial charge in [-0.05, 0) is 18.2 Å². The standard InChI is InChI=1S/C14H10O3Si/c1-2-18(12-3-6-15-9-12,13-4-7-16-10-13)14-5-8-17-11-14/h1,3-11H. The lowest BCUT2D eigenvalue weighted by atomic mass is 10.6. The summed E-state index contributed by atoms with van der Waals surface area (Å²) in [6, 6.07) is 5.73. The van der Waals surface area contributed by atoms with E-state index in [-0.39, 0.29) is 0 Å². The van der Waals surface area contributed by atoms with Crippen LogP contribution < -0.4 is 15.6 Å². The van der Waals surface area contributed by atoms with Gasteiger partial charge < -0.3 is 13.3 Å². The van der Waals surface area contributed by atoms with Gasteiger partial charge in [0.2, 0.25) is 8.07 Å². The van der Waals surface area contributed by atoms with E-state index in [0.29, 0.717) is 0 Å². The number of rotatable bonds is 3. The molecule has 0 unspecified atom stereocenters. The Morgan fingerprint density at radius 1 is 0.778 bits per heavy atom. The first-order chi connectivity index (χ1) is 8.88. The van der Waals surface area contributed by atoms with Gasteiger partial charge >= 0.3 is 0 Å². The summed E-state index contributed by atoms with van der Waals surface area (Å²) in [4.78, 5) is 0. The molecular formula is C14H10O3Si. The minimum atomic E-state index is -2.49. The fraction of sp³-hybridized carbons (Fsp3) is 0. The third-order valence-electron chi connectivity index (χ3n) is 3.08. The van der Waals surface area contributed by atoms with Crippen LogP contribution in [0.1, 0.15) is 0 Å². The van der Waals surface area contributed by atoms with Gasteiger partial charge in [0.05, 0.1) is 37.6 Å². The fourth-order valence-electron chi connectivity index (χ4n) is 2.18. The molecule has 0 atom stereocenters. The lowest BCUT2D eigenvalue weighted by Crippen LogP contribution is -2.65. The third kappa shape index (κ3) is 1.38. The zero-order valence-corrected chi connectivity index (χ0v) is 10.5. The zero-order valence-electron chi connectivity index (χ0n) is 9.50. The molecule has 3 nitrogen and oxygen atoms in total. The topological polar surface area (TPSA) is 39.4 Å². The van der Waals surface area contributed by atoms with Crippen LogP contribution in [0, 0.1) is 12.0 Å². The van der Waals surface area contributed by atoms with Crippen molar-refractivity contribution in [2.45, 2.75) is 0 Å². The van der Waals surface area contributed by atoms with Crippen molar-refractivity contribution in [3.63, 3.8) is 0 Å². The minimum absolute atomic E-state index is 1.01. The molecule has 18 heavy (non-hydrogen) atoms. The van der Waals surface area contributed by atoms with Crippen LogP contribution in [0.4, 0.5) is 0 Å². The summed E-state index contributed by atoms with van der Waals surface area (Å²) in [6.07, 6.45) is 15.9. The molecule has 0 aromatic carbocycles. The van der Waals surface area contributed by atoms with Crippen LogP contribution in [0.5, 0.6) is 0 Å². The van der Waals surface area contributed by atoms with E-state index in [1.165, 1.54) is 0 Å². The van der Waals surface area contributed by atoms with Gasteiger partial charge in [-0.2, -0.15) is 0 Å². The largest absolute Gasteiger partial charge is 0.473 e. The summed E-state index contributed by atoms with van der Waals surface area (Å²) >= 11 is 0. The van der Waals surface area contributed by atoms with Crippen molar-refractivity contribution in [2.75, 3.05) is 0 Å². The number of hydrogen-bond donors (Lipinski definition) is 0. The molecule has 0 radical (unpaired) electrons. The smallest absolute Gasteiger partial charge is 0.238 e. The predicted octanol–water partition coefficient (Wildman–Crippen LogP) is 1.11. The predicted molar refractivity (Wildman–Crippen MR) is 69.6 cm³/mol. The molecule has 3 aromatic heterocycles. The van der Waals surface area contributed by atoms with Crippen LogP contribution in [0.25, 0.3) is 0 Å². The zero-order chi connectivity index (χ0) is 12.4. The molecule has 0 aliphatic rings. The van der Waals surface area contributed by atoms with E-state index in [1.807, 2.05) is 18.2 Å². The van der Waals surface area contributed by atoms with E-state index in [1.54, 1.807) is 37.6 Å². The average Bonchev–Trinajstić information content (AvgIpc) is 3.16. The second-order valence-corrected chi connectivity index (χ2v) is 7.45. The van der Waals surface area contributed by atoms with E-state index in [4.69, 9.17) is 19.7 Å². The van der Waals surface area contributed by atoms with E-state index in [9.17, 15) is 0 Å². The maximum atomic E-state index is 5.87. The van der Waals surface area contributed by atoms with Crippen LogP contribution in [0.15, 0.2) is 69.0 Å². The number of terminal acetylenes is 1. The second kappa shape index (κ2) is 4.13. The highest BCUT2D eigenvalue weighted by Gasteiger charge is 2.41. The molecule has 0 spiro atoms. The van der Waals surface area contributed by atoms with E-state index in [2.05, 4.69) is 5.54 Å². The quantitative estimate of drug-likeness (QED) is 0.519. The maximum absolute atomic E-state index is 5.87. The summed E-state index contributed by atoms with van der Waals surface area (Å²) < 4.78 is 15.6. The molecule has 3 rings (SSSR count). The van der Waals surface area contributed by atoms with Gasteiger partial charge in [-0.25, -0.2) is 0 Å². The van der Waals surface area contributed by atoms with Crippen molar-refractivity contribution in [3.8, 4) is 12.0 Å². The summed E-state index contributed by atoms with van der Waals surface area (Å²) in [6.45, 7) is 0. The van der Waals surface area contributed by atoms with Crippen molar-refractivity contribution < 1.29 is 13.3 Å². The van der Waals surface area contributed by atoms with Crippen molar-refractivity contribution in [3.05, 3.63) is 55.8 Å². The Kier molecular flexibility index (Phi) is 2.47. The molecule has 88 valence electrons. The fourth-order valence-corrected chi connectivity index (χ4v) is 5.37. The van der Waals surface area contributed by atoms with Crippen molar-refractivity contribution in [1.82, 2.24) is 0 Å². The van der Waals surface area contributed by atoms with Gasteiger partial charge in [0.15, 0.2) is 0 Å². The number of furan rings is 3. The highest BCUT2D eigenvalue weighted by molar-refractivity contribution is 7.16. The number of hydrogen-bond acceptors (Lipinski definition) is 3. The molecule has 0 aliphatic carbocycles. The second-order valence-electron chi connectivity index (χ2n) is 3.93. The SMILES string of the molecule is C#C[Si](c1ccoc1)(c1ccoc1)c1ccoc1. The first-order valence-electron chi connectivity index (χ1n) is 5.43. The molecule has 0 fully saturated rings. The Hall–Kier alpha value is -2.38. The van der Waals surface area contributed by atoms with E-state index in [0.717, 1.165) is 15.6 Å². The molecular weight excluding hydrogens is 244 g/mol. The average molecular weight is 254 g/mol. The molecule has 0 amide bonds. The van der Waals surface area contributed by atoms with Gasteiger partial charge in [-0.1, -0.05) is 0 Å². The molecule has 3 heterocycles. The monoisotopic (exact) mass is 254 g/mol. The van der Waals surface area contributed by atoms with Crippen LogP contribution in [-0.4, -0.2) is 8.07 Å². The van der Waals surface area contributed by atoms with Gasteiger partial charge in [0.25, 0.3) is 0 Å². The normalized spacial score (nSPS) is 11.3. The Bertz CT molecular complexity index is 558. The lowest BCUT2D eigenvalue weighted by molar-refractivity contribution is 0.568. The Morgan fingerprint density at radius 2 is 1.17 bits per heavy atom. The maximum Gasteiger partial charge on any atom is 0.238 e. The highest BCUT2D eigenvalue weighted by Crippen LogP contribution is 2.07. The van der Waals surface area contributed by atoms with Crippen LogP contribution >= 0.6 is 0 Å². The first kappa shape index (κ1) is 10.8. The van der Waals surface area contributed by atoms with Crippen LogP contribution in [0.3, 0.4) is 0 Å². The Labute approximate surface area is 105 Å². The van der Waals surface area contributed by atoms with Crippen molar-refractivity contribution in [1.29, 1.82) is 0 Å². The molecule has 3 aromatic rings. The highest BCUT2D eigenvalue weighted by atomic mass is 28.3. The van der Waals surface area contributed by atoms with Crippen LogP contribution in [-0.2, 0) is 0 Å². The first-order valence-corrected chi connectivity index (χ1v) is 7.43. The summed E-state index contributed by atoms with van der Waals surface area (Å²) in [5.74, 6) is 0. The molecule has 0 bridgehead atoms.